The van der Waals surface area contributed by atoms with Gasteiger partial charge in [-0.2, -0.15) is 0 Å². The van der Waals surface area contributed by atoms with Crippen LogP contribution in [0.1, 0.15) is 51.3 Å². The van der Waals surface area contributed by atoms with Gasteiger partial charge in [-0.05, 0) is 49.8 Å². The fourth-order valence-electron chi connectivity index (χ4n) is 3.71. The Labute approximate surface area is 212 Å². The van der Waals surface area contributed by atoms with E-state index < -0.39 is 5.25 Å². The standard InChI is InChI=1S/C27H35N5O2S/c1-8-32-24(20-12-14-21(15-13-20)27(5,6)7)30-31-26(32)35-19(4)25(34)28-16-22(33)29-23-17(2)10-9-11-18(23)3/h9-15,19H,8,16H2,1-7H3,(H,28,34)(H,29,33). The van der Waals surface area contributed by atoms with E-state index >= 15 is 0 Å². The van der Waals surface area contributed by atoms with E-state index in [4.69, 9.17) is 0 Å². The molecule has 0 saturated heterocycles. The van der Waals surface area contributed by atoms with Gasteiger partial charge in [0, 0.05) is 17.8 Å². The molecule has 8 heteroatoms. The maximum absolute atomic E-state index is 12.7. The van der Waals surface area contributed by atoms with Gasteiger partial charge in [0.1, 0.15) is 0 Å². The highest BCUT2D eigenvalue weighted by atomic mass is 32.2. The number of thioether (sulfide) groups is 1. The average molecular weight is 494 g/mol. The zero-order valence-corrected chi connectivity index (χ0v) is 22.4. The lowest BCUT2D eigenvalue weighted by atomic mass is 9.87. The molecule has 2 amide bonds. The van der Waals surface area contributed by atoms with Gasteiger partial charge in [0.25, 0.3) is 0 Å². The molecule has 0 saturated carbocycles. The van der Waals surface area contributed by atoms with Crippen LogP contribution >= 0.6 is 11.8 Å². The van der Waals surface area contributed by atoms with Gasteiger partial charge in [0.05, 0.1) is 11.8 Å². The third-order valence-corrected chi connectivity index (χ3v) is 6.94. The first-order valence-electron chi connectivity index (χ1n) is 11.9. The number of anilines is 1. The first kappa shape index (κ1) is 26.5. The van der Waals surface area contributed by atoms with Crippen LogP contribution in [-0.4, -0.2) is 38.4 Å². The van der Waals surface area contributed by atoms with Crippen LogP contribution in [-0.2, 0) is 21.5 Å². The van der Waals surface area contributed by atoms with Crippen molar-refractivity contribution >= 4 is 29.3 Å². The van der Waals surface area contributed by atoms with Crippen molar-refractivity contribution in [1.82, 2.24) is 20.1 Å². The fraction of sp³-hybridized carbons (Fsp3) is 0.407. The van der Waals surface area contributed by atoms with E-state index in [0.717, 1.165) is 28.2 Å². The number of hydrogen-bond donors (Lipinski definition) is 2. The highest BCUT2D eigenvalue weighted by Crippen LogP contribution is 2.29. The van der Waals surface area contributed by atoms with Crippen molar-refractivity contribution in [1.29, 1.82) is 0 Å². The number of para-hydroxylation sites is 1. The summed E-state index contributed by atoms with van der Waals surface area (Å²) in [5.74, 6) is 0.287. The molecule has 0 spiro atoms. The van der Waals surface area contributed by atoms with E-state index in [2.05, 4.69) is 65.9 Å². The quantitative estimate of drug-likeness (QED) is 0.426. The van der Waals surface area contributed by atoms with Crippen LogP contribution in [0.2, 0.25) is 0 Å². The molecule has 0 bridgehead atoms. The summed E-state index contributed by atoms with van der Waals surface area (Å²) in [6.07, 6.45) is 0. The minimum Gasteiger partial charge on any atom is -0.346 e. The molecule has 186 valence electrons. The van der Waals surface area contributed by atoms with Crippen LogP contribution in [0, 0.1) is 13.8 Å². The van der Waals surface area contributed by atoms with Gasteiger partial charge >= 0.3 is 0 Å². The molecule has 1 atom stereocenters. The number of nitrogens with zero attached hydrogens (tertiary/aromatic N) is 3. The van der Waals surface area contributed by atoms with Crippen LogP contribution in [0.25, 0.3) is 11.4 Å². The molecule has 1 heterocycles. The summed E-state index contributed by atoms with van der Waals surface area (Å²) in [5.41, 5.74) is 5.07. The van der Waals surface area contributed by atoms with E-state index in [1.54, 1.807) is 6.92 Å². The predicted molar refractivity (Wildman–Crippen MR) is 143 cm³/mol. The van der Waals surface area contributed by atoms with E-state index in [1.807, 2.05) is 43.5 Å². The zero-order valence-electron chi connectivity index (χ0n) is 21.6. The SMILES string of the molecule is CCn1c(SC(C)C(=O)NCC(=O)Nc2c(C)cccc2C)nnc1-c1ccc(C(C)(C)C)cc1. The van der Waals surface area contributed by atoms with Gasteiger partial charge in [-0.15, -0.1) is 10.2 Å². The minimum atomic E-state index is -0.436. The maximum Gasteiger partial charge on any atom is 0.243 e. The molecule has 7 nitrogen and oxygen atoms in total. The highest BCUT2D eigenvalue weighted by molar-refractivity contribution is 8.00. The van der Waals surface area contributed by atoms with Gasteiger partial charge in [-0.1, -0.05) is 75.0 Å². The number of rotatable bonds is 8. The van der Waals surface area contributed by atoms with Crippen molar-refractivity contribution in [3.8, 4) is 11.4 Å². The Hall–Kier alpha value is -3.13. The largest absolute Gasteiger partial charge is 0.346 e. The molecule has 0 aliphatic carbocycles. The summed E-state index contributed by atoms with van der Waals surface area (Å²) < 4.78 is 2.01. The Morgan fingerprint density at radius 2 is 1.66 bits per heavy atom. The number of hydrogen-bond acceptors (Lipinski definition) is 5. The average Bonchev–Trinajstić information content (AvgIpc) is 3.21. The van der Waals surface area contributed by atoms with Crippen LogP contribution in [0.5, 0.6) is 0 Å². The third-order valence-electron chi connectivity index (χ3n) is 5.86. The summed E-state index contributed by atoms with van der Waals surface area (Å²) in [7, 11) is 0. The van der Waals surface area contributed by atoms with Crippen LogP contribution in [0.3, 0.4) is 0 Å². The summed E-state index contributed by atoms with van der Waals surface area (Å²) in [5, 5.41) is 14.6. The Bertz CT molecular complexity index is 1180. The normalized spacial score (nSPS) is 12.3. The Kier molecular flexibility index (Phi) is 8.38. The maximum atomic E-state index is 12.7. The summed E-state index contributed by atoms with van der Waals surface area (Å²) in [6, 6.07) is 14.2. The van der Waals surface area contributed by atoms with Crippen molar-refractivity contribution < 1.29 is 9.59 Å². The molecule has 0 radical (unpaired) electrons. The van der Waals surface area contributed by atoms with Gasteiger partial charge in [-0.3, -0.25) is 9.59 Å². The molecule has 2 N–H and O–H groups in total. The van der Waals surface area contributed by atoms with Crippen LogP contribution in [0.4, 0.5) is 5.69 Å². The predicted octanol–water partition coefficient (Wildman–Crippen LogP) is 5.11. The number of amides is 2. The molecule has 3 rings (SSSR count). The van der Waals surface area contributed by atoms with Crippen LogP contribution in [0.15, 0.2) is 47.6 Å². The Morgan fingerprint density at radius 1 is 1.03 bits per heavy atom. The second-order valence-corrected chi connectivity index (χ2v) is 11.0. The van der Waals surface area contributed by atoms with Gasteiger partial charge in [0.15, 0.2) is 11.0 Å². The second kappa shape index (κ2) is 11.1. The van der Waals surface area contributed by atoms with E-state index in [-0.39, 0.29) is 23.8 Å². The topological polar surface area (TPSA) is 88.9 Å². The number of carbonyl (C=O) groups is 2. The molecular weight excluding hydrogens is 458 g/mol. The number of aromatic nitrogens is 3. The van der Waals surface area contributed by atoms with Gasteiger partial charge < -0.3 is 15.2 Å². The van der Waals surface area contributed by atoms with Crippen molar-refractivity contribution in [2.24, 2.45) is 0 Å². The molecule has 3 aromatic rings. The zero-order chi connectivity index (χ0) is 25.8. The van der Waals surface area contributed by atoms with Crippen molar-refractivity contribution in [3.63, 3.8) is 0 Å². The monoisotopic (exact) mass is 493 g/mol. The second-order valence-electron chi connectivity index (χ2n) is 9.67. The first-order valence-corrected chi connectivity index (χ1v) is 12.7. The lowest BCUT2D eigenvalue weighted by molar-refractivity contribution is -0.123. The fourth-order valence-corrected chi connectivity index (χ4v) is 4.65. The molecule has 0 fully saturated rings. The summed E-state index contributed by atoms with van der Waals surface area (Å²) in [6.45, 7) is 14.9. The van der Waals surface area contributed by atoms with Crippen molar-refractivity contribution in [3.05, 3.63) is 59.2 Å². The highest BCUT2D eigenvalue weighted by Gasteiger charge is 2.21. The Balaban J connectivity index is 1.62. The number of nitrogens with one attached hydrogen (secondary N) is 2. The first-order chi connectivity index (χ1) is 16.5. The smallest absolute Gasteiger partial charge is 0.243 e. The lowest BCUT2D eigenvalue weighted by Crippen LogP contribution is -2.37. The molecule has 1 aromatic heterocycles. The summed E-state index contributed by atoms with van der Waals surface area (Å²) in [4.78, 5) is 25.1. The molecule has 2 aromatic carbocycles. The van der Waals surface area contributed by atoms with E-state index in [0.29, 0.717) is 11.7 Å². The lowest BCUT2D eigenvalue weighted by Gasteiger charge is -2.19. The Morgan fingerprint density at radius 3 is 2.23 bits per heavy atom. The van der Waals surface area contributed by atoms with E-state index in [1.165, 1.54) is 17.3 Å². The van der Waals surface area contributed by atoms with Crippen molar-refractivity contribution in [2.75, 3.05) is 11.9 Å². The van der Waals surface area contributed by atoms with Gasteiger partial charge in [0.2, 0.25) is 11.8 Å². The molecule has 0 aliphatic heterocycles. The minimum absolute atomic E-state index is 0.0798. The van der Waals surface area contributed by atoms with Crippen molar-refractivity contribution in [2.45, 2.75) is 70.8 Å². The molecule has 0 aliphatic rings. The summed E-state index contributed by atoms with van der Waals surface area (Å²) >= 11 is 1.33. The molecule has 35 heavy (non-hydrogen) atoms. The molecular formula is C27H35N5O2S. The van der Waals surface area contributed by atoms with Crippen LogP contribution < -0.4 is 10.6 Å². The number of benzene rings is 2. The van der Waals surface area contributed by atoms with Gasteiger partial charge in [-0.25, -0.2) is 0 Å². The third kappa shape index (κ3) is 6.51. The number of carbonyl (C=O) groups excluding carboxylic acids is 2. The number of aryl methyl sites for hydroxylation is 2. The molecule has 1 unspecified atom stereocenters. The van der Waals surface area contributed by atoms with E-state index in [9.17, 15) is 9.59 Å².